The number of rotatable bonds is 6. The van der Waals surface area contributed by atoms with E-state index in [1.54, 1.807) is 0 Å². The van der Waals surface area contributed by atoms with Gasteiger partial charge in [-0.2, -0.15) is 5.10 Å². The lowest BCUT2D eigenvalue weighted by Crippen LogP contribution is -2.37. The van der Waals surface area contributed by atoms with Crippen LogP contribution in [0.3, 0.4) is 0 Å². The number of anilines is 1. The molecule has 0 amide bonds. The lowest BCUT2D eigenvalue weighted by molar-refractivity contribution is 0.263. The maximum Gasteiger partial charge on any atom is 0.253 e. The van der Waals surface area contributed by atoms with Gasteiger partial charge in [-0.1, -0.05) is 56.3 Å². The van der Waals surface area contributed by atoms with Crippen molar-refractivity contribution in [2.45, 2.75) is 64.0 Å². The van der Waals surface area contributed by atoms with Crippen molar-refractivity contribution in [2.75, 3.05) is 5.32 Å². The molecule has 2 aromatic carbocycles. The van der Waals surface area contributed by atoms with Crippen LogP contribution in [0.15, 0.2) is 65.2 Å². The Balaban J connectivity index is 1.55. The number of nitrogens with zero attached hydrogens (tertiary/aromatic N) is 4. The topological polar surface area (TPSA) is 68.8 Å². The first kappa shape index (κ1) is 23.1. The van der Waals surface area contributed by atoms with Gasteiger partial charge in [0.15, 0.2) is 0 Å². The van der Waals surface area contributed by atoms with Gasteiger partial charge in [-0.25, -0.2) is 4.68 Å². The predicted molar refractivity (Wildman–Crippen MR) is 143 cm³/mol. The molecule has 1 atom stereocenters. The molecule has 176 valence electrons. The van der Waals surface area contributed by atoms with E-state index < -0.39 is 0 Å². The Labute approximate surface area is 214 Å². The first-order valence-corrected chi connectivity index (χ1v) is 13.0. The van der Waals surface area contributed by atoms with Crippen LogP contribution in [0.5, 0.6) is 0 Å². The minimum absolute atomic E-state index is 0.153. The molecule has 0 saturated carbocycles. The van der Waals surface area contributed by atoms with Crippen LogP contribution in [0.1, 0.15) is 70.0 Å². The lowest BCUT2D eigenvalue weighted by Gasteiger charge is -2.38. The van der Waals surface area contributed by atoms with Crippen LogP contribution < -0.4 is 5.32 Å². The molecule has 2 aromatic heterocycles. The minimum Gasteiger partial charge on any atom is -0.420 e. The molecule has 7 heteroatoms. The predicted octanol–water partition coefficient (Wildman–Crippen LogP) is 6.94. The molecule has 3 heterocycles. The summed E-state index contributed by atoms with van der Waals surface area (Å²) in [5.74, 6) is 2.08. The molecule has 1 unspecified atom stereocenters. The van der Waals surface area contributed by atoms with Crippen LogP contribution in [-0.4, -0.2) is 20.0 Å². The SMILES string of the molecule is CCC(CC)(c1ccc(I)cc1)c1nnc(-c2cnn3c2NC(c2ccccc2)CC3(C)C)o1. The van der Waals surface area contributed by atoms with Crippen LogP contribution in [0.4, 0.5) is 5.82 Å². The highest BCUT2D eigenvalue weighted by Gasteiger charge is 2.39. The third kappa shape index (κ3) is 3.83. The smallest absolute Gasteiger partial charge is 0.253 e. The summed E-state index contributed by atoms with van der Waals surface area (Å²) in [5.41, 5.74) is 2.84. The molecular formula is C27H30IN5O. The van der Waals surface area contributed by atoms with Gasteiger partial charge in [0.25, 0.3) is 5.89 Å². The molecule has 34 heavy (non-hydrogen) atoms. The molecule has 6 nitrogen and oxygen atoms in total. The van der Waals surface area contributed by atoms with Gasteiger partial charge < -0.3 is 9.73 Å². The second kappa shape index (κ2) is 8.83. The molecule has 0 fully saturated rings. The van der Waals surface area contributed by atoms with E-state index in [2.05, 4.69) is 125 Å². The number of hydrogen-bond acceptors (Lipinski definition) is 5. The molecule has 0 aliphatic carbocycles. The maximum atomic E-state index is 6.42. The molecule has 0 bridgehead atoms. The average molecular weight is 567 g/mol. The summed E-state index contributed by atoms with van der Waals surface area (Å²) in [6.45, 7) is 8.81. The van der Waals surface area contributed by atoms with Crippen molar-refractivity contribution in [3.05, 3.63) is 81.4 Å². The highest BCUT2D eigenvalue weighted by atomic mass is 127. The van der Waals surface area contributed by atoms with Gasteiger partial charge >= 0.3 is 0 Å². The van der Waals surface area contributed by atoms with E-state index in [1.165, 1.54) is 14.7 Å². The number of benzene rings is 2. The first-order valence-electron chi connectivity index (χ1n) is 11.9. The highest BCUT2D eigenvalue weighted by molar-refractivity contribution is 14.1. The summed E-state index contributed by atoms with van der Waals surface area (Å²) < 4.78 is 9.68. The summed E-state index contributed by atoms with van der Waals surface area (Å²) in [7, 11) is 0. The molecular weight excluding hydrogens is 537 g/mol. The Kier molecular flexibility index (Phi) is 6.00. The van der Waals surface area contributed by atoms with E-state index >= 15 is 0 Å². The van der Waals surface area contributed by atoms with Crippen LogP contribution in [0.25, 0.3) is 11.5 Å². The second-order valence-electron chi connectivity index (χ2n) is 9.65. The van der Waals surface area contributed by atoms with Gasteiger partial charge in [0.2, 0.25) is 5.89 Å². The molecule has 0 saturated heterocycles. The van der Waals surface area contributed by atoms with Crippen molar-refractivity contribution in [2.24, 2.45) is 0 Å². The zero-order chi connectivity index (χ0) is 23.9. The van der Waals surface area contributed by atoms with Crippen molar-refractivity contribution in [3.63, 3.8) is 0 Å². The van der Waals surface area contributed by atoms with Gasteiger partial charge in [-0.15, -0.1) is 10.2 Å². The molecule has 4 aromatic rings. The van der Waals surface area contributed by atoms with Gasteiger partial charge in [0, 0.05) is 3.57 Å². The fraction of sp³-hybridized carbons (Fsp3) is 0.370. The van der Waals surface area contributed by atoms with Crippen LogP contribution in [0.2, 0.25) is 0 Å². The number of halogens is 1. The average Bonchev–Trinajstić information content (AvgIpc) is 3.50. The van der Waals surface area contributed by atoms with Crippen molar-refractivity contribution in [3.8, 4) is 11.5 Å². The maximum absolute atomic E-state index is 6.42. The number of fused-ring (bicyclic) bond motifs is 1. The zero-order valence-corrected chi connectivity index (χ0v) is 22.2. The number of nitrogens with one attached hydrogen (secondary N) is 1. The van der Waals surface area contributed by atoms with E-state index in [0.29, 0.717) is 11.8 Å². The summed E-state index contributed by atoms with van der Waals surface area (Å²) in [4.78, 5) is 0. The lowest BCUT2D eigenvalue weighted by atomic mass is 9.76. The third-order valence-electron chi connectivity index (χ3n) is 7.23. The van der Waals surface area contributed by atoms with Crippen LogP contribution in [0, 0.1) is 3.57 Å². The van der Waals surface area contributed by atoms with E-state index in [1.807, 2.05) is 6.20 Å². The molecule has 1 aliphatic rings. The molecule has 1 N–H and O–H groups in total. The molecule has 0 radical (unpaired) electrons. The monoisotopic (exact) mass is 567 g/mol. The van der Waals surface area contributed by atoms with Crippen molar-refractivity contribution in [1.82, 2.24) is 20.0 Å². The Morgan fingerprint density at radius 3 is 2.44 bits per heavy atom. The Hall–Kier alpha value is -2.68. The van der Waals surface area contributed by atoms with Gasteiger partial charge in [-0.05, 0) is 79.0 Å². The summed E-state index contributed by atoms with van der Waals surface area (Å²) in [6, 6.07) is 19.4. The summed E-state index contributed by atoms with van der Waals surface area (Å²) in [6.07, 6.45) is 4.53. The molecule has 1 aliphatic heterocycles. The van der Waals surface area contributed by atoms with E-state index in [4.69, 9.17) is 9.52 Å². The van der Waals surface area contributed by atoms with Crippen molar-refractivity contribution in [1.29, 1.82) is 0 Å². The minimum atomic E-state index is -0.317. The quantitative estimate of drug-likeness (QED) is 0.256. The summed E-state index contributed by atoms with van der Waals surface area (Å²) >= 11 is 2.34. The van der Waals surface area contributed by atoms with Crippen LogP contribution >= 0.6 is 22.6 Å². The highest BCUT2D eigenvalue weighted by Crippen LogP contribution is 2.44. The number of aromatic nitrogens is 4. The van der Waals surface area contributed by atoms with Crippen LogP contribution in [-0.2, 0) is 11.0 Å². The fourth-order valence-electron chi connectivity index (χ4n) is 5.17. The van der Waals surface area contributed by atoms with Gasteiger partial charge in [0.1, 0.15) is 11.4 Å². The molecule has 0 spiro atoms. The second-order valence-corrected chi connectivity index (χ2v) is 10.9. The largest absolute Gasteiger partial charge is 0.420 e. The van der Waals surface area contributed by atoms with Crippen molar-refractivity contribution < 1.29 is 4.42 Å². The third-order valence-corrected chi connectivity index (χ3v) is 7.95. The van der Waals surface area contributed by atoms with E-state index in [9.17, 15) is 0 Å². The fourth-order valence-corrected chi connectivity index (χ4v) is 5.53. The van der Waals surface area contributed by atoms with E-state index in [-0.39, 0.29) is 17.0 Å². The Morgan fingerprint density at radius 1 is 1.06 bits per heavy atom. The number of hydrogen-bond donors (Lipinski definition) is 1. The molecule has 5 rings (SSSR count). The Morgan fingerprint density at radius 2 is 1.76 bits per heavy atom. The van der Waals surface area contributed by atoms with E-state index in [0.717, 1.165) is 30.6 Å². The van der Waals surface area contributed by atoms with Crippen molar-refractivity contribution >= 4 is 28.4 Å². The zero-order valence-electron chi connectivity index (χ0n) is 20.0. The Bertz CT molecular complexity index is 1270. The first-order chi connectivity index (χ1) is 16.4. The normalized spacial score (nSPS) is 17.3. The standard InChI is InChI=1S/C27H30IN5O/c1-5-27(6-2,19-12-14-20(28)15-13-19)25-32-31-24(34-25)21-17-29-33-23(21)30-22(16-26(33,3)4)18-10-8-7-9-11-18/h7-15,17,22,30H,5-6,16H2,1-4H3. The van der Waals surface area contributed by atoms with Gasteiger partial charge in [0.05, 0.1) is 23.2 Å². The summed E-state index contributed by atoms with van der Waals surface area (Å²) in [5, 5.41) is 17.5. The van der Waals surface area contributed by atoms with Gasteiger partial charge in [-0.3, -0.25) is 0 Å².